The Labute approximate surface area is 158 Å². The number of hydrogen-bond donors (Lipinski definition) is 2. The fraction of sp³-hybridized carbons (Fsp3) is 0.250. The molecule has 0 saturated carbocycles. The Morgan fingerprint density at radius 1 is 1.04 bits per heavy atom. The zero-order chi connectivity index (χ0) is 19.8. The lowest BCUT2D eigenvalue weighted by atomic mass is 10.2. The van der Waals surface area contributed by atoms with E-state index in [-0.39, 0.29) is 11.9 Å². The molecule has 0 bridgehead atoms. The number of benzene rings is 2. The van der Waals surface area contributed by atoms with Gasteiger partial charge in [-0.3, -0.25) is 4.79 Å². The predicted octanol–water partition coefficient (Wildman–Crippen LogP) is 2.96. The average Bonchev–Trinajstić information content (AvgIpc) is 2.63. The van der Waals surface area contributed by atoms with E-state index in [9.17, 15) is 9.59 Å². The number of amides is 1. The summed E-state index contributed by atoms with van der Waals surface area (Å²) in [7, 11) is 0. The van der Waals surface area contributed by atoms with Crippen LogP contribution in [0.1, 0.15) is 37.0 Å². The van der Waals surface area contributed by atoms with Crippen molar-refractivity contribution in [3.8, 4) is 5.75 Å². The van der Waals surface area contributed by atoms with Crippen molar-refractivity contribution >= 4 is 29.2 Å². The van der Waals surface area contributed by atoms with Gasteiger partial charge in [-0.1, -0.05) is 13.3 Å². The zero-order valence-corrected chi connectivity index (χ0v) is 15.5. The monoisotopic (exact) mass is 368 g/mol. The standard InChI is InChI=1S/C20H24N4O3/c1-3-4-13-24(14(2)25)17-9-11-18(12-10-17)27-19(26)15-5-7-16(8-6-15)23-20(21)22/h5-12H,3-4,13H2,1-2H3,(H4,21,22,23). The molecule has 0 heterocycles. The average molecular weight is 368 g/mol. The molecule has 142 valence electrons. The number of carbonyl (C=O) groups is 2. The first kappa shape index (κ1) is 20.0. The lowest BCUT2D eigenvalue weighted by molar-refractivity contribution is -0.116. The molecule has 0 aromatic heterocycles. The molecule has 0 aliphatic carbocycles. The van der Waals surface area contributed by atoms with Gasteiger partial charge >= 0.3 is 5.97 Å². The largest absolute Gasteiger partial charge is 0.423 e. The molecule has 0 spiro atoms. The molecule has 2 aromatic rings. The Bertz CT molecular complexity index is 810. The summed E-state index contributed by atoms with van der Waals surface area (Å²) in [5, 5.41) is 0. The van der Waals surface area contributed by atoms with Gasteiger partial charge in [-0.2, -0.15) is 0 Å². The van der Waals surface area contributed by atoms with Gasteiger partial charge in [-0.05, 0) is 55.0 Å². The zero-order valence-electron chi connectivity index (χ0n) is 15.5. The number of carbonyl (C=O) groups excluding carboxylic acids is 2. The molecule has 2 rings (SSSR count). The van der Waals surface area contributed by atoms with Crippen LogP contribution >= 0.6 is 0 Å². The summed E-state index contributed by atoms with van der Waals surface area (Å²) in [6, 6.07) is 13.3. The van der Waals surface area contributed by atoms with Crippen LogP contribution in [0.3, 0.4) is 0 Å². The second-order valence-electron chi connectivity index (χ2n) is 5.99. The molecule has 1 amide bonds. The fourth-order valence-corrected chi connectivity index (χ4v) is 2.47. The van der Waals surface area contributed by atoms with Crippen molar-refractivity contribution in [2.45, 2.75) is 26.7 Å². The van der Waals surface area contributed by atoms with Gasteiger partial charge in [-0.25, -0.2) is 9.79 Å². The molecular formula is C20H24N4O3. The Balaban J connectivity index is 2.06. The Morgan fingerprint density at radius 3 is 2.19 bits per heavy atom. The summed E-state index contributed by atoms with van der Waals surface area (Å²) in [6.07, 6.45) is 1.92. The van der Waals surface area contributed by atoms with E-state index in [1.165, 1.54) is 6.92 Å². The molecule has 4 N–H and O–H groups in total. The van der Waals surface area contributed by atoms with E-state index >= 15 is 0 Å². The molecule has 27 heavy (non-hydrogen) atoms. The number of aliphatic imine (C=N–C) groups is 1. The van der Waals surface area contributed by atoms with Crippen molar-refractivity contribution in [1.82, 2.24) is 0 Å². The van der Waals surface area contributed by atoms with Gasteiger partial charge in [0.2, 0.25) is 5.91 Å². The van der Waals surface area contributed by atoms with Crippen LogP contribution in [-0.2, 0) is 4.79 Å². The van der Waals surface area contributed by atoms with Gasteiger partial charge in [0.1, 0.15) is 5.75 Å². The highest BCUT2D eigenvalue weighted by Gasteiger charge is 2.12. The highest BCUT2D eigenvalue weighted by atomic mass is 16.5. The topological polar surface area (TPSA) is 111 Å². The number of anilines is 1. The van der Waals surface area contributed by atoms with Gasteiger partial charge in [0.25, 0.3) is 0 Å². The highest BCUT2D eigenvalue weighted by molar-refractivity contribution is 5.92. The van der Waals surface area contributed by atoms with Gasteiger partial charge in [-0.15, -0.1) is 0 Å². The molecule has 7 nitrogen and oxygen atoms in total. The van der Waals surface area contributed by atoms with Crippen LogP contribution in [0, 0.1) is 0 Å². The Morgan fingerprint density at radius 2 is 1.67 bits per heavy atom. The van der Waals surface area contributed by atoms with Crippen molar-refractivity contribution in [1.29, 1.82) is 0 Å². The minimum atomic E-state index is -0.492. The fourth-order valence-electron chi connectivity index (χ4n) is 2.47. The van der Waals surface area contributed by atoms with Crippen LogP contribution in [0.2, 0.25) is 0 Å². The number of esters is 1. The van der Waals surface area contributed by atoms with E-state index in [0.29, 0.717) is 23.5 Å². The van der Waals surface area contributed by atoms with Crippen molar-refractivity contribution < 1.29 is 14.3 Å². The maximum Gasteiger partial charge on any atom is 0.343 e. The maximum absolute atomic E-state index is 12.2. The number of nitrogens with two attached hydrogens (primary N) is 2. The van der Waals surface area contributed by atoms with E-state index in [2.05, 4.69) is 11.9 Å². The third kappa shape index (κ3) is 5.85. The molecule has 0 atom stereocenters. The number of guanidine groups is 1. The van der Waals surface area contributed by atoms with Crippen molar-refractivity contribution in [3.63, 3.8) is 0 Å². The van der Waals surface area contributed by atoms with E-state index in [4.69, 9.17) is 16.2 Å². The lowest BCUT2D eigenvalue weighted by Crippen LogP contribution is -2.29. The van der Waals surface area contributed by atoms with Crippen LogP contribution in [-0.4, -0.2) is 24.4 Å². The van der Waals surface area contributed by atoms with Gasteiger partial charge in [0.05, 0.1) is 11.3 Å². The van der Waals surface area contributed by atoms with E-state index in [1.54, 1.807) is 53.4 Å². The first-order chi connectivity index (χ1) is 12.9. The molecule has 0 unspecified atom stereocenters. The lowest BCUT2D eigenvalue weighted by Gasteiger charge is -2.21. The summed E-state index contributed by atoms with van der Waals surface area (Å²) in [5.41, 5.74) is 12.3. The van der Waals surface area contributed by atoms with Crippen LogP contribution in [0.25, 0.3) is 0 Å². The molecule has 0 aliphatic heterocycles. The predicted molar refractivity (Wildman–Crippen MR) is 106 cm³/mol. The first-order valence-corrected chi connectivity index (χ1v) is 8.70. The number of hydrogen-bond acceptors (Lipinski definition) is 4. The van der Waals surface area contributed by atoms with Gasteiger partial charge < -0.3 is 21.1 Å². The molecule has 0 saturated heterocycles. The Hall–Kier alpha value is -3.35. The normalized spacial score (nSPS) is 10.1. The van der Waals surface area contributed by atoms with E-state index in [0.717, 1.165) is 18.5 Å². The second kappa shape index (κ2) is 9.38. The molecule has 2 aromatic carbocycles. The number of ether oxygens (including phenoxy) is 1. The van der Waals surface area contributed by atoms with Crippen LogP contribution < -0.4 is 21.1 Å². The summed E-state index contributed by atoms with van der Waals surface area (Å²) in [5.74, 6) is -0.164. The number of unbranched alkanes of at least 4 members (excludes halogenated alkanes) is 1. The van der Waals surface area contributed by atoms with Gasteiger partial charge in [0, 0.05) is 19.2 Å². The highest BCUT2D eigenvalue weighted by Crippen LogP contribution is 2.21. The second-order valence-corrected chi connectivity index (χ2v) is 5.99. The number of rotatable bonds is 7. The maximum atomic E-state index is 12.2. The minimum Gasteiger partial charge on any atom is -0.423 e. The van der Waals surface area contributed by atoms with Crippen LogP contribution in [0.5, 0.6) is 5.75 Å². The third-order valence-corrected chi connectivity index (χ3v) is 3.84. The van der Waals surface area contributed by atoms with Crippen molar-refractivity contribution in [3.05, 3.63) is 54.1 Å². The molecular weight excluding hydrogens is 344 g/mol. The molecule has 0 aliphatic rings. The SMILES string of the molecule is CCCCN(C(C)=O)c1ccc(OC(=O)c2ccc(N=C(N)N)cc2)cc1. The first-order valence-electron chi connectivity index (χ1n) is 8.70. The van der Waals surface area contributed by atoms with Crippen LogP contribution in [0.15, 0.2) is 53.5 Å². The van der Waals surface area contributed by atoms with Crippen molar-refractivity contribution in [2.24, 2.45) is 16.5 Å². The molecule has 0 radical (unpaired) electrons. The third-order valence-electron chi connectivity index (χ3n) is 3.84. The number of nitrogens with zero attached hydrogens (tertiary/aromatic N) is 2. The molecule has 0 fully saturated rings. The summed E-state index contributed by atoms with van der Waals surface area (Å²) < 4.78 is 5.37. The van der Waals surface area contributed by atoms with Gasteiger partial charge in [0.15, 0.2) is 5.96 Å². The Kier molecular flexibility index (Phi) is 6.93. The summed E-state index contributed by atoms with van der Waals surface area (Å²) in [6.45, 7) is 4.27. The van der Waals surface area contributed by atoms with E-state index < -0.39 is 5.97 Å². The molecule has 7 heteroatoms. The summed E-state index contributed by atoms with van der Waals surface area (Å²) in [4.78, 5) is 29.7. The van der Waals surface area contributed by atoms with E-state index in [1.807, 2.05) is 0 Å². The minimum absolute atomic E-state index is 0.0194. The smallest absolute Gasteiger partial charge is 0.343 e. The quantitative estimate of drug-likeness (QED) is 0.338. The summed E-state index contributed by atoms with van der Waals surface area (Å²) >= 11 is 0. The van der Waals surface area contributed by atoms with Crippen LogP contribution in [0.4, 0.5) is 11.4 Å². The van der Waals surface area contributed by atoms with Crippen molar-refractivity contribution in [2.75, 3.05) is 11.4 Å².